The number of hydrogen-bond acceptors (Lipinski definition) is 5. The summed E-state index contributed by atoms with van der Waals surface area (Å²) in [6.45, 7) is 1.19. The summed E-state index contributed by atoms with van der Waals surface area (Å²) in [5.41, 5.74) is 0.862. The summed E-state index contributed by atoms with van der Waals surface area (Å²) in [7, 11) is 0. The Hall–Kier alpha value is -2.18. The van der Waals surface area contributed by atoms with Crippen LogP contribution in [0.5, 0.6) is 5.75 Å². The lowest BCUT2D eigenvalue weighted by atomic mass is 10.3. The highest BCUT2D eigenvalue weighted by Crippen LogP contribution is 2.27. The third-order valence-electron chi connectivity index (χ3n) is 3.94. The van der Waals surface area contributed by atoms with E-state index in [4.69, 9.17) is 16.3 Å². The number of aromatic nitrogens is 2. The number of ether oxygens (including phenoxy) is 1. The number of pyridine rings is 1. The fourth-order valence-electron chi connectivity index (χ4n) is 2.75. The van der Waals surface area contributed by atoms with Crippen LogP contribution < -0.4 is 4.74 Å². The zero-order valence-electron chi connectivity index (χ0n) is 12.7. The summed E-state index contributed by atoms with van der Waals surface area (Å²) in [6, 6.07) is 9.51. The molecule has 122 valence electrons. The minimum atomic E-state index is -0.0665. The fourth-order valence-corrected chi connectivity index (χ4v) is 3.84. The number of carbonyl (C=O) groups excluding carboxylic acids is 1. The van der Waals surface area contributed by atoms with Crippen molar-refractivity contribution in [3.05, 3.63) is 52.8 Å². The quantitative estimate of drug-likeness (QED) is 0.716. The van der Waals surface area contributed by atoms with Crippen molar-refractivity contribution < 1.29 is 9.53 Å². The number of benzene rings is 1. The Kier molecular flexibility index (Phi) is 4.08. The first-order valence-electron chi connectivity index (χ1n) is 7.62. The predicted molar refractivity (Wildman–Crippen MR) is 93.8 cm³/mol. The Bertz CT molecular complexity index is 865. The highest BCUT2D eigenvalue weighted by atomic mass is 35.5. The Morgan fingerprint density at radius 2 is 2.21 bits per heavy atom. The van der Waals surface area contributed by atoms with E-state index in [9.17, 15) is 4.79 Å². The van der Waals surface area contributed by atoms with Crippen LogP contribution >= 0.6 is 22.9 Å². The molecule has 0 saturated carbocycles. The SMILES string of the molecule is O=C(c1nc2ccccc2s1)N1CC[C@H](Oc2ccncc2Cl)C1. The van der Waals surface area contributed by atoms with Gasteiger partial charge in [0.25, 0.3) is 5.91 Å². The van der Waals surface area contributed by atoms with Crippen LogP contribution in [0, 0.1) is 0 Å². The standard InChI is InChI=1S/C17H14ClN3O2S/c18-12-9-19-7-5-14(12)23-11-6-8-21(10-11)17(22)16-20-13-3-1-2-4-15(13)24-16/h1-5,7,9,11H,6,8,10H2/t11-/m0/s1. The van der Waals surface area contributed by atoms with Gasteiger partial charge in [-0.2, -0.15) is 0 Å². The number of amides is 1. The first-order chi connectivity index (χ1) is 11.7. The van der Waals surface area contributed by atoms with E-state index in [1.165, 1.54) is 11.3 Å². The molecule has 0 N–H and O–H groups in total. The molecule has 1 saturated heterocycles. The molecule has 1 aliphatic rings. The molecule has 2 aromatic heterocycles. The number of rotatable bonds is 3. The maximum Gasteiger partial charge on any atom is 0.283 e. The van der Waals surface area contributed by atoms with Crippen molar-refractivity contribution in [1.29, 1.82) is 0 Å². The molecular weight excluding hydrogens is 346 g/mol. The topological polar surface area (TPSA) is 55.3 Å². The largest absolute Gasteiger partial charge is 0.487 e. The summed E-state index contributed by atoms with van der Waals surface area (Å²) in [6.07, 6.45) is 3.90. The number of fused-ring (bicyclic) bond motifs is 1. The second-order valence-electron chi connectivity index (χ2n) is 5.57. The molecule has 0 radical (unpaired) electrons. The first-order valence-corrected chi connectivity index (χ1v) is 8.81. The third kappa shape index (κ3) is 2.95. The number of halogens is 1. The van der Waals surface area contributed by atoms with Crippen LogP contribution in [-0.2, 0) is 0 Å². The van der Waals surface area contributed by atoms with Gasteiger partial charge in [-0.3, -0.25) is 9.78 Å². The first kappa shape index (κ1) is 15.4. The van der Waals surface area contributed by atoms with E-state index >= 15 is 0 Å². The molecule has 0 unspecified atom stereocenters. The van der Waals surface area contributed by atoms with Gasteiger partial charge in [-0.05, 0) is 12.1 Å². The molecule has 5 nitrogen and oxygen atoms in total. The lowest BCUT2D eigenvalue weighted by Gasteiger charge is -2.16. The molecule has 7 heteroatoms. The normalized spacial score (nSPS) is 17.4. The van der Waals surface area contributed by atoms with Gasteiger partial charge in [-0.15, -0.1) is 11.3 Å². The van der Waals surface area contributed by atoms with E-state index in [0.29, 0.717) is 28.9 Å². The van der Waals surface area contributed by atoms with Crippen molar-refractivity contribution in [2.24, 2.45) is 0 Å². The smallest absolute Gasteiger partial charge is 0.283 e. The number of thiazole rings is 1. The van der Waals surface area contributed by atoms with Crippen molar-refractivity contribution in [3.63, 3.8) is 0 Å². The van der Waals surface area contributed by atoms with Gasteiger partial charge < -0.3 is 9.64 Å². The summed E-state index contributed by atoms with van der Waals surface area (Å²) in [4.78, 5) is 22.8. The Labute approximate surface area is 147 Å². The average molecular weight is 360 g/mol. The average Bonchev–Trinajstić information content (AvgIpc) is 3.23. The summed E-state index contributed by atoms with van der Waals surface area (Å²) in [5, 5.41) is 1.01. The molecule has 3 aromatic rings. The van der Waals surface area contributed by atoms with Gasteiger partial charge in [0.15, 0.2) is 5.01 Å². The fraction of sp³-hybridized carbons (Fsp3) is 0.235. The number of likely N-dealkylation sites (tertiary alicyclic amines) is 1. The van der Waals surface area contributed by atoms with Crippen molar-refractivity contribution in [3.8, 4) is 5.75 Å². The van der Waals surface area contributed by atoms with Crippen molar-refractivity contribution in [2.45, 2.75) is 12.5 Å². The highest BCUT2D eigenvalue weighted by molar-refractivity contribution is 7.20. The van der Waals surface area contributed by atoms with Crippen LogP contribution in [0.2, 0.25) is 5.02 Å². The molecule has 1 atom stereocenters. The lowest BCUT2D eigenvalue weighted by Crippen LogP contribution is -2.30. The molecule has 24 heavy (non-hydrogen) atoms. The van der Waals surface area contributed by atoms with Crippen molar-refractivity contribution >= 4 is 39.1 Å². The van der Waals surface area contributed by atoms with Gasteiger partial charge in [-0.1, -0.05) is 23.7 Å². The van der Waals surface area contributed by atoms with Crippen LogP contribution in [0.4, 0.5) is 0 Å². The minimum absolute atomic E-state index is 0.0388. The van der Waals surface area contributed by atoms with E-state index in [1.54, 1.807) is 23.4 Å². The molecule has 0 bridgehead atoms. The summed E-state index contributed by atoms with van der Waals surface area (Å²) in [5.74, 6) is 0.564. The van der Waals surface area contributed by atoms with Crippen LogP contribution in [-0.4, -0.2) is 40.0 Å². The van der Waals surface area contributed by atoms with Gasteiger partial charge in [0.1, 0.15) is 16.9 Å². The molecule has 0 aliphatic carbocycles. The van der Waals surface area contributed by atoms with Crippen LogP contribution in [0.1, 0.15) is 16.2 Å². The molecule has 1 fully saturated rings. The Morgan fingerprint density at radius 1 is 1.33 bits per heavy atom. The molecule has 0 spiro atoms. The van der Waals surface area contributed by atoms with Crippen LogP contribution in [0.3, 0.4) is 0 Å². The monoisotopic (exact) mass is 359 g/mol. The number of nitrogens with zero attached hydrogens (tertiary/aromatic N) is 3. The molecule has 1 aromatic carbocycles. The van der Waals surface area contributed by atoms with Gasteiger partial charge in [0, 0.05) is 31.4 Å². The van der Waals surface area contributed by atoms with Gasteiger partial charge >= 0.3 is 0 Å². The van der Waals surface area contributed by atoms with Crippen molar-refractivity contribution in [1.82, 2.24) is 14.9 Å². The molecule has 3 heterocycles. The maximum absolute atomic E-state index is 12.7. The highest BCUT2D eigenvalue weighted by Gasteiger charge is 2.30. The van der Waals surface area contributed by atoms with Gasteiger partial charge in [0.2, 0.25) is 0 Å². The zero-order valence-corrected chi connectivity index (χ0v) is 14.3. The lowest BCUT2D eigenvalue weighted by molar-refractivity contribution is 0.0772. The molecule has 4 rings (SSSR count). The zero-order chi connectivity index (χ0) is 16.5. The number of para-hydroxylation sites is 1. The van der Waals surface area contributed by atoms with Gasteiger partial charge in [-0.25, -0.2) is 4.98 Å². The van der Waals surface area contributed by atoms with E-state index in [-0.39, 0.29) is 12.0 Å². The Morgan fingerprint density at radius 3 is 3.04 bits per heavy atom. The second-order valence-corrected chi connectivity index (χ2v) is 7.01. The van der Waals surface area contributed by atoms with E-state index in [1.807, 2.05) is 24.3 Å². The van der Waals surface area contributed by atoms with E-state index < -0.39 is 0 Å². The van der Waals surface area contributed by atoms with E-state index in [2.05, 4.69) is 9.97 Å². The second kappa shape index (κ2) is 6.37. The number of hydrogen-bond donors (Lipinski definition) is 0. The molecule has 1 amide bonds. The van der Waals surface area contributed by atoms with Crippen molar-refractivity contribution in [2.75, 3.05) is 13.1 Å². The van der Waals surface area contributed by atoms with E-state index in [0.717, 1.165) is 16.6 Å². The number of carbonyl (C=O) groups is 1. The predicted octanol–water partition coefficient (Wildman–Crippen LogP) is 3.64. The van der Waals surface area contributed by atoms with Crippen LogP contribution in [0.25, 0.3) is 10.2 Å². The summed E-state index contributed by atoms with van der Waals surface area (Å²) >= 11 is 7.49. The maximum atomic E-state index is 12.7. The minimum Gasteiger partial charge on any atom is -0.487 e. The van der Waals surface area contributed by atoms with Crippen LogP contribution in [0.15, 0.2) is 42.7 Å². The summed E-state index contributed by atoms with van der Waals surface area (Å²) < 4.78 is 6.92. The third-order valence-corrected chi connectivity index (χ3v) is 5.25. The van der Waals surface area contributed by atoms with Gasteiger partial charge in [0.05, 0.1) is 16.8 Å². The molecule has 1 aliphatic heterocycles. The molecular formula is C17H14ClN3O2S. The Balaban J connectivity index is 1.46.